The van der Waals surface area contributed by atoms with Gasteiger partial charge in [0.2, 0.25) is 5.78 Å². The van der Waals surface area contributed by atoms with Crippen LogP contribution in [0.4, 0.5) is 13.2 Å². The number of hydrogen-bond acceptors (Lipinski definition) is 3. The van der Waals surface area contributed by atoms with Crippen molar-refractivity contribution in [2.75, 3.05) is 0 Å². The number of benzene rings is 1. The Morgan fingerprint density at radius 2 is 1.71 bits per heavy atom. The molecule has 6 heteroatoms. The summed E-state index contributed by atoms with van der Waals surface area (Å²) >= 11 is 0. The maximum absolute atomic E-state index is 12.0. The van der Waals surface area contributed by atoms with E-state index in [4.69, 9.17) is 0 Å². The standard InChI is InChI=1S/C11H9F3O3/c1-7(9(15)11(12,13)14)10(16)17-8-5-3-2-4-6-8/h2-7H,1H3. The number of ether oxygens (including phenoxy) is 1. The molecule has 0 aliphatic rings. The molecule has 1 aromatic rings. The number of esters is 1. The highest BCUT2D eigenvalue weighted by atomic mass is 19.4. The second-order valence-corrected chi connectivity index (χ2v) is 3.32. The van der Waals surface area contributed by atoms with Gasteiger partial charge in [0.1, 0.15) is 11.7 Å². The first kappa shape index (κ1) is 13.2. The molecule has 0 radical (unpaired) electrons. The van der Waals surface area contributed by atoms with Crippen LogP contribution in [-0.2, 0) is 9.59 Å². The summed E-state index contributed by atoms with van der Waals surface area (Å²) in [4.78, 5) is 22.0. The number of rotatable bonds is 3. The van der Waals surface area contributed by atoms with Gasteiger partial charge in [-0.15, -0.1) is 0 Å². The van der Waals surface area contributed by atoms with E-state index in [1.54, 1.807) is 18.2 Å². The summed E-state index contributed by atoms with van der Waals surface area (Å²) in [5.74, 6) is -5.11. The molecular weight excluding hydrogens is 237 g/mol. The van der Waals surface area contributed by atoms with Crippen molar-refractivity contribution in [1.29, 1.82) is 0 Å². The minimum atomic E-state index is -5.03. The Kier molecular flexibility index (Phi) is 3.88. The van der Waals surface area contributed by atoms with Gasteiger partial charge in [0.25, 0.3) is 0 Å². The van der Waals surface area contributed by atoms with E-state index in [2.05, 4.69) is 4.74 Å². The molecule has 0 fully saturated rings. The number of hydrogen-bond donors (Lipinski definition) is 0. The summed E-state index contributed by atoms with van der Waals surface area (Å²) in [5, 5.41) is 0. The smallest absolute Gasteiger partial charge is 0.426 e. The van der Waals surface area contributed by atoms with E-state index >= 15 is 0 Å². The molecule has 92 valence electrons. The highest BCUT2D eigenvalue weighted by molar-refractivity contribution is 6.02. The van der Waals surface area contributed by atoms with Gasteiger partial charge in [-0.25, -0.2) is 0 Å². The van der Waals surface area contributed by atoms with Gasteiger partial charge in [-0.2, -0.15) is 13.2 Å². The van der Waals surface area contributed by atoms with E-state index in [-0.39, 0.29) is 5.75 Å². The molecular formula is C11H9F3O3. The molecule has 17 heavy (non-hydrogen) atoms. The van der Waals surface area contributed by atoms with Gasteiger partial charge in [0.05, 0.1) is 0 Å². The van der Waals surface area contributed by atoms with Crippen molar-refractivity contribution in [3.8, 4) is 5.75 Å². The van der Waals surface area contributed by atoms with Gasteiger partial charge < -0.3 is 4.74 Å². The third-order valence-electron chi connectivity index (χ3n) is 1.99. The Balaban J connectivity index is 2.69. The van der Waals surface area contributed by atoms with Crippen molar-refractivity contribution in [1.82, 2.24) is 0 Å². The van der Waals surface area contributed by atoms with Crippen LogP contribution in [0.2, 0.25) is 0 Å². The van der Waals surface area contributed by atoms with Crippen molar-refractivity contribution >= 4 is 11.8 Å². The van der Waals surface area contributed by atoms with Crippen molar-refractivity contribution in [3.05, 3.63) is 30.3 Å². The van der Waals surface area contributed by atoms with E-state index in [0.717, 1.165) is 6.92 Å². The van der Waals surface area contributed by atoms with Crippen LogP contribution in [0.25, 0.3) is 0 Å². The van der Waals surface area contributed by atoms with Crippen LogP contribution in [0, 0.1) is 5.92 Å². The lowest BCUT2D eigenvalue weighted by Crippen LogP contribution is -2.35. The van der Waals surface area contributed by atoms with Gasteiger partial charge in [0, 0.05) is 0 Å². The van der Waals surface area contributed by atoms with Crippen molar-refractivity contribution in [3.63, 3.8) is 0 Å². The predicted octanol–water partition coefficient (Wildman–Crippen LogP) is 2.36. The first-order chi connectivity index (χ1) is 7.82. The third-order valence-corrected chi connectivity index (χ3v) is 1.99. The molecule has 1 atom stereocenters. The number of Topliss-reactive ketones (excluding diaryl/α,β-unsaturated/α-hetero) is 1. The van der Waals surface area contributed by atoms with Crippen molar-refractivity contribution < 1.29 is 27.5 Å². The normalized spacial score (nSPS) is 12.9. The molecule has 0 bridgehead atoms. The Bertz CT molecular complexity index is 412. The highest BCUT2D eigenvalue weighted by Crippen LogP contribution is 2.22. The van der Waals surface area contributed by atoms with Crippen LogP contribution >= 0.6 is 0 Å². The first-order valence-electron chi connectivity index (χ1n) is 4.70. The van der Waals surface area contributed by atoms with Crippen molar-refractivity contribution in [2.45, 2.75) is 13.1 Å². The van der Waals surface area contributed by atoms with E-state index in [9.17, 15) is 22.8 Å². The predicted molar refractivity (Wildman–Crippen MR) is 52.3 cm³/mol. The fourth-order valence-corrected chi connectivity index (χ4v) is 1.05. The maximum atomic E-state index is 12.0. The topological polar surface area (TPSA) is 43.4 Å². The largest absolute Gasteiger partial charge is 0.450 e. The quantitative estimate of drug-likeness (QED) is 0.467. The van der Waals surface area contributed by atoms with E-state index in [1.807, 2.05) is 0 Å². The third kappa shape index (κ3) is 3.58. The van der Waals surface area contributed by atoms with Crippen LogP contribution < -0.4 is 4.74 Å². The molecule has 1 rings (SSSR count). The van der Waals surface area contributed by atoms with Crippen molar-refractivity contribution in [2.24, 2.45) is 5.92 Å². The van der Waals surface area contributed by atoms with Gasteiger partial charge in [0.15, 0.2) is 0 Å². The lowest BCUT2D eigenvalue weighted by atomic mass is 10.1. The molecule has 0 saturated heterocycles. The number of carbonyl (C=O) groups excluding carboxylic acids is 2. The molecule has 0 amide bonds. The molecule has 0 aromatic heterocycles. The number of halogens is 3. The van der Waals surface area contributed by atoms with E-state index < -0.39 is 23.8 Å². The first-order valence-corrected chi connectivity index (χ1v) is 4.70. The Hall–Kier alpha value is -1.85. The molecule has 3 nitrogen and oxygen atoms in total. The average molecular weight is 246 g/mol. The van der Waals surface area contributed by atoms with Crippen LogP contribution in [0.15, 0.2) is 30.3 Å². The summed E-state index contributed by atoms with van der Waals surface area (Å²) in [6.45, 7) is 0.862. The summed E-state index contributed by atoms with van der Waals surface area (Å²) in [6.07, 6.45) is -5.03. The molecule has 0 heterocycles. The van der Waals surface area contributed by atoms with Gasteiger partial charge in [-0.3, -0.25) is 9.59 Å². The van der Waals surface area contributed by atoms with Crippen LogP contribution in [0.5, 0.6) is 5.75 Å². The van der Waals surface area contributed by atoms with Gasteiger partial charge >= 0.3 is 12.1 Å². The zero-order valence-corrected chi connectivity index (χ0v) is 8.82. The summed E-state index contributed by atoms with van der Waals surface area (Å²) < 4.78 is 40.8. The van der Waals surface area contributed by atoms with Gasteiger partial charge in [-0.05, 0) is 19.1 Å². The highest BCUT2D eigenvalue weighted by Gasteiger charge is 2.44. The molecule has 0 spiro atoms. The molecule has 0 aliphatic heterocycles. The SMILES string of the molecule is CC(C(=O)Oc1ccccc1)C(=O)C(F)(F)F. The van der Waals surface area contributed by atoms with Gasteiger partial charge in [-0.1, -0.05) is 18.2 Å². The second-order valence-electron chi connectivity index (χ2n) is 3.32. The monoisotopic (exact) mass is 246 g/mol. The Morgan fingerprint density at radius 1 is 1.18 bits per heavy atom. The molecule has 1 aromatic carbocycles. The van der Waals surface area contributed by atoms with E-state index in [0.29, 0.717) is 0 Å². The average Bonchev–Trinajstić information content (AvgIpc) is 2.27. The Labute approximate surface area is 95.2 Å². The number of alkyl halides is 3. The second kappa shape index (κ2) is 4.99. The summed E-state index contributed by atoms with van der Waals surface area (Å²) in [6, 6.07) is 7.57. The minimum Gasteiger partial charge on any atom is -0.426 e. The lowest BCUT2D eigenvalue weighted by molar-refractivity contribution is -0.178. The molecule has 0 saturated carbocycles. The van der Waals surface area contributed by atoms with Crippen LogP contribution in [0.3, 0.4) is 0 Å². The molecule has 0 N–H and O–H groups in total. The van der Waals surface area contributed by atoms with Crippen LogP contribution in [-0.4, -0.2) is 17.9 Å². The fraction of sp³-hybridized carbons (Fsp3) is 0.273. The fourth-order valence-electron chi connectivity index (χ4n) is 1.05. The number of para-hydroxylation sites is 1. The number of carbonyl (C=O) groups is 2. The number of ketones is 1. The molecule has 0 aliphatic carbocycles. The van der Waals surface area contributed by atoms with Crippen LogP contribution in [0.1, 0.15) is 6.92 Å². The maximum Gasteiger partial charge on any atom is 0.450 e. The Morgan fingerprint density at radius 3 is 2.18 bits per heavy atom. The van der Waals surface area contributed by atoms with E-state index in [1.165, 1.54) is 12.1 Å². The zero-order chi connectivity index (χ0) is 13.1. The summed E-state index contributed by atoms with van der Waals surface area (Å²) in [7, 11) is 0. The minimum absolute atomic E-state index is 0.0966. The molecule has 1 unspecified atom stereocenters. The zero-order valence-electron chi connectivity index (χ0n) is 8.82. The summed E-state index contributed by atoms with van der Waals surface area (Å²) in [5.41, 5.74) is 0. The lowest BCUT2D eigenvalue weighted by Gasteiger charge is -2.11.